The van der Waals surface area contributed by atoms with Crippen molar-refractivity contribution in [2.24, 2.45) is 0 Å². The van der Waals surface area contributed by atoms with E-state index in [1.165, 1.54) is 103 Å². The molecule has 0 radical (unpaired) electrons. The Morgan fingerprint density at radius 3 is 0.785 bits per heavy atom. The standard InChI is InChI=1S/C73H120O6/c1-4-7-10-13-16-19-22-25-28-30-31-32-33-34-35-36-37-38-39-40-41-43-45-48-51-54-57-60-63-66-72(75)78-69-70(68-77-71(74)65-62-59-56-53-50-47-44-27-24-21-18-15-12-9-6-3)79-73(76)67-64-61-58-55-52-49-46-42-29-26-23-20-17-14-11-8-5-2/h7,9-10,12,16,18-19,21,25-29,31-32,34-35,37-38,40-41,44,70H,4-6,8,11,13-15,17,20,22-24,30,33,36,39,42-43,45-69H2,1-3H3/b10-7-,12-9-,19-16-,21-18-,28-25-,29-26-,32-31-,35-34-,38-37-,41-40-,44-27-. The summed E-state index contributed by atoms with van der Waals surface area (Å²) in [5, 5.41) is 0. The molecule has 0 spiro atoms. The van der Waals surface area contributed by atoms with Gasteiger partial charge >= 0.3 is 17.9 Å². The predicted octanol–water partition coefficient (Wildman–Crippen LogP) is 22.5. The van der Waals surface area contributed by atoms with Crippen LogP contribution >= 0.6 is 0 Å². The topological polar surface area (TPSA) is 78.9 Å². The zero-order valence-corrected chi connectivity index (χ0v) is 51.3. The van der Waals surface area contributed by atoms with Crippen molar-refractivity contribution in [1.82, 2.24) is 0 Å². The molecule has 0 fully saturated rings. The van der Waals surface area contributed by atoms with Crippen LogP contribution in [0.3, 0.4) is 0 Å². The first-order chi connectivity index (χ1) is 39.0. The molecule has 0 aliphatic heterocycles. The van der Waals surface area contributed by atoms with Gasteiger partial charge in [0.15, 0.2) is 6.10 Å². The number of hydrogen-bond acceptors (Lipinski definition) is 6. The summed E-state index contributed by atoms with van der Waals surface area (Å²) >= 11 is 0. The summed E-state index contributed by atoms with van der Waals surface area (Å²) in [6.45, 7) is 6.39. The fourth-order valence-electron chi connectivity index (χ4n) is 8.79. The molecule has 0 saturated carbocycles. The Hall–Kier alpha value is -4.45. The lowest BCUT2D eigenvalue weighted by Gasteiger charge is -2.18. The van der Waals surface area contributed by atoms with Gasteiger partial charge in [-0.3, -0.25) is 14.4 Å². The van der Waals surface area contributed by atoms with E-state index in [1.807, 2.05) is 0 Å². The first-order valence-corrected chi connectivity index (χ1v) is 32.7. The molecule has 0 heterocycles. The van der Waals surface area contributed by atoms with Gasteiger partial charge in [0.25, 0.3) is 0 Å². The van der Waals surface area contributed by atoms with E-state index in [0.29, 0.717) is 19.3 Å². The molecule has 0 aliphatic rings. The average molecular weight is 1090 g/mol. The molecular weight excluding hydrogens is 973 g/mol. The van der Waals surface area contributed by atoms with Crippen LogP contribution in [-0.2, 0) is 28.6 Å². The van der Waals surface area contributed by atoms with Crippen molar-refractivity contribution < 1.29 is 28.6 Å². The number of esters is 3. The van der Waals surface area contributed by atoms with Gasteiger partial charge in [0.2, 0.25) is 0 Å². The predicted molar refractivity (Wildman–Crippen MR) is 343 cm³/mol. The van der Waals surface area contributed by atoms with Gasteiger partial charge in [-0.25, -0.2) is 0 Å². The fraction of sp³-hybridized carbons (Fsp3) is 0.658. The maximum atomic E-state index is 12.9. The SMILES string of the molecule is CC/C=C\C/C=C\C/C=C\C/C=C\C/C=C\C/C=C\C/C=C\CCCCCCCCCC(=O)OCC(COC(=O)CCCCCCC/C=C\C/C=C\C/C=C\CC)OC(=O)CCCCCCCCC/C=C\CCCCCCCC. The maximum Gasteiger partial charge on any atom is 0.306 e. The van der Waals surface area contributed by atoms with Crippen LogP contribution < -0.4 is 0 Å². The molecular formula is C73H120O6. The van der Waals surface area contributed by atoms with E-state index >= 15 is 0 Å². The molecule has 0 rings (SSSR count). The highest BCUT2D eigenvalue weighted by atomic mass is 16.6. The van der Waals surface area contributed by atoms with E-state index in [-0.39, 0.29) is 31.1 Å². The lowest BCUT2D eigenvalue weighted by Crippen LogP contribution is -2.30. The van der Waals surface area contributed by atoms with Crippen molar-refractivity contribution >= 4 is 17.9 Å². The summed E-state index contributed by atoms with van der Waals surface area (Å²) in [5.74, 6) is -0.922. The Kier molecular flexibility index (Phi) is 62.3. The molecule has 448 valence electrons. The molecule has 0 N–H and O–H groups in total. The van der Waals surface area contributed by atoms with Crippen LogP contribution in [0.15, 0.2) is 134 Å². The molecule has 0 saturated heterocycles. The first kappa shape index (κ1) is 74.5. The van der Waals surface area contributed by atoms with Crippen molar-refractivity contribution in [1.29, 1.82) is 0 Å². The lowest BCUT2D eigenvalue weighted by atomic mass is 10.1. The smallest absolute Gasteiger partial charge is 0.306 e. The Morgan fingerprint density at radius 2 is 0.494 bits per heavy atom. The molecule has 0 aliphatic carbocycles. The number of allylic oxidation sites excluding steroid dienone is 22. The molecule has 1 atom stereocenters. The van der Waals surface area contributed by atoms with Gasteiger partial charge in [0.05, 0.1) is 0 Å². The van der Waals surface area contributed by atoms with Gasteiger partial charge in [-0.1, -0.05) is 270 Å². The normalized spacial score (nSPS) is 13.0. The van der Waals surface area contributed by atoms with Gasteiger partial charge in [-0.05, 0) is 135 Å². The first-order valence-electron chi connectivity index (χ1n) is 32.7. The van der Waals surface area contributed by atoms with Crippen molar-refractivity contribution in [3.8, 4) is 0 Å². The van der Waals surface area contributed by atoms with Crippen molar-refractivity contribution in [3.05, 3.63) is 134 Å². The molecule has 6 heteroatoms. The van der Waals surface area contributed by atoms with Crippen LogP contribution in [0.1, 0.15) is 290 Å². The van der Waals surface area contributed by atoms with E-state index in [1.54, 1.807) is 0 Å². The molecule has 0 aromatic carbocycles. The van der Waals surface area contributed by atoms with Crippen LogP contribution in [0.25, 0.3) is 0 Å². The minimum absolute atomic E-state index is 0.0943. The Bertz CT molecular complexity index is 1680. The summed E-state index contributed by atoms with van der Waals surface area (Å²) in [7, 11) is 0. The third kappa shape index (κ3) is 64.3. The highest BCUT2D eigenvalue weighted by Gasteiger charge is 2.19. The zero-order valence-electron chi connectivity index (χ0n) is 51.3. The molecule has 6 nitrogen and oxygen atoms in total. The van der Waals surface area contributed by atoms with E-state index in [9.17, 15) is 14.4 Å². The van der Waals surface area contributed by atoms with Crippen molar-refractivity contribution in [2.75, 3.05) is 13.2 Å². The Morgan fingerprint density at radius 1 is 0.266 bits per heavy atom. The minimum Gasteiger partial charge on any atom is -0.462 e. The zero-order chi connectivity index (χ0) is 57.1. The van der Waals surface area contributed by atoms with Crippen LogP contribution in [0, 0.1) is 0 Å². The quantitative estimate of drug-likeness (QED) is 0.0261. The van der Waals surface area contributed by atoms with Crippen LogP contribution in [-0.4, -0.2) is 37.2 Å². The van der Waals surface area contributed by atoms with Gasteiger partial charge in [0, 0.05) is 19.3 Å². The van der Waals surface area contributed by atoms with Crippen LogP contribution in [0.2, 0.25) is 0 Å². The Balaban J connectivity index is 4.38. The molecule has 0 aromatic rings. The number of carbonyl (C=O) groups is 3. The van der Waals surface area contributed by atoms with Crippen molar-refractivity contribution in [2.45, 2.75) is 297 Å². The summed E-state index contributed by atoms with van der Waals surface area (Å²) in [4.78, 5) is 38.3. The number of unbranched alkanes of at least 4 members (excludes halogenated alkanes) is 25. The second-order valence-corrected chi connectivity index (χ2v) is 21.3. The third-order valence-electron chi connectivity index (χ3n) is 13.6. The average Bonchev–Trinajstić information content (AvgIpc) is 3.45. The summed E-state index contributed by atoms with van der Waals surface area (Å²) in [5.41, 5.74) is 0. The third-order valence-corrected chi connectivity index (χ3v) is 13.6. The van der Waals surface area contributed by atoms with Gasteiger partial charge < -0.3 is 14.2 Å². The van der Waals surface area contributed by atoms with E-state index in [4.69, 9.17) is 14.2 Å². The van der Waals surface area contributed by atoms with Crippen molar-refractivity contribution in [3.63, 3.8) is 0 Å². The summed E-state index contributed by atoms with van der Waals surface area (Å²) < 4.78 is 16.9. The number of ether oxygens (including phenoxy) is 3. The van der Waals surface area contributed by atoms with E-state index in [0.717, 1.165) is 148 Å². The van der Waals surface area contributed by atoms with Gasteiger partial charge in [-0.15, -0.1) is 0 Å². The highest BCUT2D eigenvalue weighted by Crippen LogP contribution is 2.15. The molecule has 0 aromatic heterocycles. The largest absolute Gasteiger partial charge is 0.462 e. The molecule has 1 unspecified atom stereocenters. The lowest BCUT2D eigenvalue weighted by molar-refractivity contribution is -0.167. The van der Waals surface area contributed by atoms with Crippen LogP contribution in [0.5, 0.6) is 0 Å². The molecule has 79 heavy (non-hydrogen) atoms. The van der Waals surface area contributed by atoms with Gasteiger partial charge in [0.1, 0.15) is 13.2 Å². The highest BCUT2D eigenvalue weighted by molar-refractivity contribution is 5.71. The summed E-state index contributed by atoms with van der Waals surface area (Å²) in [6, 6.07) is 0. The monoisotopic (exact) mass is 1090 g/mol. The second-order valence-electron chi connectivity index (χ2n) is 21.3. The fourth-order valence-corrected chi connectivity index (χ4v) is 8.79. The van der Waals surface area contributed by atoms with Gasteiger partial charge in [-0.2, -0.15) is 0 Å². The maximum absolute atomic E-state index is 12.9. The number of rotatable bonds is 58. The molecule has 0 amide bonds. The van der Waals surface area contributed by atoms with Crippen LogP contribution in [0.4, 0.5) is 0 Å². The van der Waals surface area contributed by atoms with E-state index in [2.05, 4.69) is 154 Å². The number of carbonyl (C=O) groups excluding carboxylic acids is 3. The summed E-state index contributed by atoms with van der Waals surface area (Å²) in [6.07, 6.45) is 93.1. The Labute approximate surface area is 487 Å². The molecule has 0 bridgehead atoms. The second kappa shape index (κ2) is 66.1. The minimum atomic E-state index is -0.798. The van der Waals surface area contributed by atoms with E-state index < -0.39 is 6.10 Å². The number of hydrogen-bond donors (Lipinski definition) is 0.